The van der Waals surface area contributed by atoms with E-state index in [2.05, 4.69) is 0 Å². The standard InChI is InChI=1S/C18H22ClNO4/c1-11(2)23-10-9-20-17(21)15(16(19)18(20)22)13-5-7-14(8-6-13)24-12(3)4/h5-8,11-12H,9-10H2,1-4H3. The van der Waals surface area contributed by atoms with Crippen LogP contribution in [0.2, 0.25) is 0 Å². The molecule has 0 unspecified atom stereocenters. The molecule has 0 N–H and O–H groups in total. The zero-order valence-corrected chi connectivity index (χ0v) is 15.1. The van der Waals surface area contributed by atoms with Crippen molar-refractivity contribution in [1.29, 1.82) is 0 Å². The van der Waals surface area contributed by atoms with Gasteiger partial charge in [0.05, 0.1) is 30.9 Å². The summed E-state index contributed by atoms with van der Waals surface area (Å²) in [5, 5.41) is -0.0536. The second-order valence-corrected chi connectivity index (χ2v) is 6.44. The lowest BCUT2D eigenvalue weighted by molar-refractivity contribution is -0.137. The van der Waals surface area contributed by atoms with Gasteiger partial charge in [0.25, 0.3) is 11.8 Å². The van der Waals surface area contributed by atoms with E-state index in [9.17, 15) is 9.59 Å². The fraction of sp³-hybridized carbons (Fsp3) is 0.444. The van der Waals surface area contributed by atoms with Crippen molar-refractivity contribution in [2.24, 2.45) is 0 Å². The molecule has 0 saturated carbocycles. The molecule has 2 rings (SSSR count). The van der Waals surface area contributed by atoms with Crippen LogP contribution in [0, 0.1) is 0 Å². The van der Waals surface area contributed by atoms with Gasteiger partial charge in [0, 0.05) is 0 Å². The summed E-state index contributed by atoms with van der Waals surface area (Å²) in [6.07, 6.45) is 0.0963. The molecule has 0 radical (unpaired) electrons. The molecule has 0 saturated heterocycles. The van der Waals surface area contributed by atoms with Gasteiger partial charge in [-0.1, -0.05) is 23.7 Å². The van der Waals surface area contributed by atoms with Crippen LogP contribution < -0.4 is 4.74 Å². The third-order valence-electron chi connectivity index (χ3n) is 3.39. The second-order valence-electron chi connectivity index (χ2n) is 6.06. The number of hydrogen-bond acceptors (Lipinski definition) is 4. The molecule has 2 amide bonds. The zero-order chi connectivity index (χ0) is 17.9. The number of imide groups is 1. The fourth-order valence-corrected chi connectivity index (χ4v) is 2.64. The predicted octanol–water partition coefficient (Wildman–Crippen LogP) is 3.22. The highest BCUT2D eigenvalue weighted by Gasteiger charge is 2.37. The van der Waals surface area contributed by atoms with E-state index in [1.807, 2.05) is 27.7 Å². The van der Waals surface area contributed by atoms with Gasteiger partial charge >= 0.3 is 0 Å². The summed E-state index contributed by atoms with van der Waals surface area (Å²) in [5.41, 5.74) is 0.823. The number of hydrogen-bond donors (Lipinski definition) is 0. The summed E-state index contributed by atoms with van der Waals surface area (Å²) in [6, 6.07) is 6.98. The van der Waals surface area contributed by atoms with Gasteiger partial charge in [-0.15, -0.1) is 0 Å². The first-order valence-corrected chi connectivity index (χ1v) is 8.33. The maximum atomic E-state index is 12.5. The van der Waals surface area contributed by atoms with E-state index >= 15 is 0 Å². The summed E-state index contributed by atoms with van der Waals surface area (Å²) >= 11 is 6.11. The smallest absolute Gasteiger partial charge is 0.273 e. The highest BCUT2D eigenvalue weighted by Crippen LogP contribution is 2.32. The molecule has 0 fully saturated rings. The molecule has 24 heavy (non-hydrogen) atoms. The molecule has 5 nitrogen and oxygen atoms in total. The third-order valence-corrected chi connectivity index (χ3v) is 3.74. The number of carbonyl (C=O) groups is 2. The van der Waals surface area contributed by atoms with Crippen LogP contribution >= 0.6 is 11.6 Å². The third kappa shape index (κ3) is 4.16. The van der Waals surface area contributed by atoms with Gasteiger partial charge in [-0.3, -0.25) is 14.5 Å². The number of amides is 2. The Morgan fingerprint density at radius 3 is 2.17 bits per heavy atom. The molecule has 1 aromatic rings. The first kappa shape index (κ1) is 18.5. The number of halogens is 1. The molecule has 1 aliphatic rings. The first-order chi connectivity index (χ1) is 11.3. The van der Waals surface area contributed by atoms with Gasteiger partial charge in [0.15, 0.2) is 0 Å². The van der Waals surface area contributed by atoms with Crippen LogP contribution in [-0.2, 0) is 14.3 Å². The molecule has 0 aliphatic carbocycles. The van der Waals surface area contributed by atoms with E-state index in [1.54, 1.807) is 24.3 Å². The second kappa shape index (κ2) is 7.81. The highest BCUT2D eigenvalue weighted by molar-refractivity contribution is 6.55. The Morgan fingerprint density at radius 2 is 1.62 bits per heavy atom. The molecule has 1 heterocycles. The van der Waals surface area contributed by atoms with Crippen molar-refractivity contribution >= 4 is 29.0 Å². The zero-order valence-electron chi connectivity index (χ0n) is 14.3. The lowest BCUT2D eigenvalue weighted by atomic mass is 10.1. The van der Waals surface area contributed by atoms with Crippen LogP contribution in [0.3, 0.4) is 0 Å². The van der Waals surface area contributed by atoms with Crippen LogP contribution in [0.5, 0.6) is 5.75 Å². The Labute approximate surface area is 147 Å². The lowest BCUT2D eigenvalue weighted by Gasteiger charge is -2.16. The largest absolute Gasteiger partial charge is 0.491 e. The molecule has 1 aromatic carbocycles. The van der Waals surface area contributed by atoms with Crippen LogP contribution in [0.15, 0.2) is 29.3 Å². The van der Waals surface area contributed by atoms with Crippen LogP contribution in [0.1, 0.15) is 33.3 Å². The molecule has 6 heteroatoms. The molecule has 0 bridgehead atoms. The Morgan fingerprint density at radius 1 is 1.00 bits per heavy atom. The van der Waals surface area contributed by atoms with Gasteiger partial charge < -0.3 is 9.47 Å². The van der Waals surface area contributed by atoms with Crippen molar-refractivity contribution in [2.45, 2.75) is 39.9 Å². The number of ether oxygens (including phenoxy) is 2. The average molecular weight is 352 g/mol. The summed E-state index contributed by atoms with van der Waals surface area (Å²) in [5.74, 6) is -0.175. The molecule has 1 aliphatic heterocycles. The Balaban J connectivity index is 2.14. The molecular weight excluding hydrogens is 330 g/mol. The summed E-state index contributed by atoms with van der Waals surface area (Å²) in [4.78, 5) is 25.9. The molecule has 0 aromatic heterocycles. The quantitative estimate of drug-likeness (QED) is 0.708. The minimum absolute atomic E-state index is 0.0363. The van der Waals surface area contributed by atoms with Crippen molar-refractivity contribution in [2.75, 3.05) is 13.2 Å². The predicted molar refractivity (Wildman–Crippen MR) is 92.8 cm³/mol. The minimum Gasteiger partial charge on any atom is -0.491 e. The van der Waals surface area contributed by atoms with Crippen molar-refractivity contribution in [3.63, 3.8) is 0 Å². The SMILES string of the molecule is CC(C)OCCN1C(=O)C(Cl)=C(c2ccc(OC(C)C)cc2)C1=O. The normalized spacial score (nSPS) is 15.2. The van der Waals surface area contributed by atoms with Gasteiger partial charge in [-0.25, -0.2) is 0 Å². The highest BCUT2D eigenvalue weighted by atomic mass is 35.5. The molecular formula is C18H22ClNO4. The number of benzene rings is 1. The summed E-state index contributed by atoms with van der Waals surface area (Å²) in [7, 11) is 0. The van der Waals surface area contributed by atoms with E-state index in [0.717, 1.165) is 4.90 Å². The fourth-order valence-electron chi connectivity index (χ4n) is 2.35. The first-order valence-electron chi connectivity index (χ1n) is 7.96. The molecule has 0 atom stereocenters. The Bertz CT molecular complexity index is 649. The van der Waals surface area contributed by atoms with Crippen LogP contribution in [-0.4, -0.2) is 42.1 Å². The van der Waals surface area contributed by atoms with E-state index in [1.165, 1.54) is 0 Å². The van der Waals surface area contributed by atoms with Gasteiger partial charge in [-0.05, 0) is 45.4 Å². The van der Waals surface area contributed by atoms with E-state index in [4.69, 9.17) is 21.1 Å². The monoisotopic (exact) mass is 351 g/mol. The van der Waals surface area contributed by atoms with Crippen molar-refractivity contribution in [3.8, 4) is 5.75 Å². The van der Waals surface area contributed by atoms with Gasteiger partial charge in [0.2, 0.25) is 0 Å². The van der Waals surface area contributed by atoms with Crippen molar-refractivity contribution in [1.82, 2.24) is 4.90 Å². The number of carbonyl (C=O) groups excluding carboxylic acids is 2. The lowest BCUT2D eigenvalue weighted by Crippen LogP contribution is -2.34. The van der Waals surface area contributed by atoms with E-state index in [0.29, 0.717) is 11.3 Å². The molecule has 130 valence electrons. The van der Waals surface area contributed by atoms with Crippen LogP contribution in [0.25, 0.3) is 5.57 Å². The Kier molecular flexibility index (Phi) is 6.02. The average Bonchev–Trinajstić information content (AvgIpc) is 2.71. The number of rotatable bonds is 7. The van der Waals surface area contributed by atoms with Crippen molar-refractivity contribution in [3.05, 3.63) is 34.9 Å². The van der Waals surface area contributed by atoms with E-state index < -0.39 is 11.8 Å². The minimum atomic E-state index is -0.480. The summed E-state index contributed by atoms with van der Waals surface area (Å²) in [6.45, 7) is 8.13. The maximum absolute atomic E-state index is 12.5. The topological polar surface area (TPSA) is 55.8 Å². The van der Waals surface area contributed by atoms with Gasteiger partial charge in [-0.2, -0.15) is 0 Å². The van der Waals surface area contributed by atoms with Crippen LogP contribution in [0.4, 0.5) is 0 Å². The van der Waals surface area contributed by atoms with Crippen molar-refractivity contribution < 1.29 is 19.1 Å². The maximum Gasteiger partial charge on any atom is 0.273 e. The Hall–Kier alpha value is -1.85. The number of nitrogens with zero attached hydrogens (tertiary/aromatic N) is 1. The molecule has 0 spiro atoms. The summed E-state index contributed by atoms with van der Waals surface area (Å²) < 4.78 is 11.0. The van der Waals surface area contributed by atoms with E-state index in [-0.39, 0.29) is 36.0 Å². The van der Waals surface area contributed by atoms with Gasteiger partial charge in [0.1, 0.15) is 10.8 Å².